The molecule has 6 nitrogen and oxygen atoms in total. The number of hydrogen-bond acceptors (Lipinski definition) is 4. The number of carbonyl (C=O) groups excluding carboxylic acids is 1. The average molecular weight is 261 g/mol. The van der Waals surface area contributed by atoms with E-state index in [1.165, 1.54) is 7.05 Å². The number of hydrogen-bond donors (Lipinski definition) is 1. The highest BCUT2D eigenvalue weighted by molar-refractivity contribution is 7.90. The zero-order valence-electron chi connectivity index (χ0n) is 10.6. The van der Waals surface area contributed by atoms with Gasteiger partial charge in [0.25, 0.3) is 0 Å². The monoisotopic (exact) mass is 261 g/mol. The SMILES string of the molecule is CCC(C#N)S(=O)(=O)N(C)CC(=O)NC(C)C. The zero-order valence-corrected chi connectivity index (χ0v) is 11.4. The van der Waals surface area contributed by atoms with Gasteiger partial charge in [-0.05, 0) is 20.3 Å². The van der Waals surface area contributed by atoms with E-state index >= 15 is 0 Å². The van der Waals surface area contributed by atoms with E-state index in [1.54, 1.807) is 26.8 Å². The Morgan fingerprint density at radius 1 is 1.47 bits per heavy atom. The van der Waals surface area contributed by atoms with Crippen molar-refractivity contribution in [3.05, 3.63) is 0 Å². The van der Waals surface area contributed by atoms with Gasteiger partial charge in [-0.2, -0.15) is 9.57 Å². The van der Waals surface area contributed by atoms with Crippen LogP contribution < -0.4 is 5.32 Å². The predicted octanol–water partition coefficient (Wildman–Crippen LogP) is 0.0748. The van der Waals surface area contributed by atoms with E-state index in [2.05, 4.69) is 5.32 Å². The molecule has 17 heavy (non-hydrogen) atoms. The molecule has 1 N–H and O–H groups in total. The summed E-state index contributed by atoms with van der Waals surface area (Å²) >= 11 is 0. The van der Waals surface area contributed by atoms with Crippen LogP contribution in [0.5, 0.6) is 0 Å². The number of nitriles is 1. The minimum absolute atomic E-state index is 0.0449. The van der Waals surface area contributed by atoms with Crippen LogP contribution in [0.1, 0.15) is 27.2 Å². The third-order valence-corrected chi connectivity index (χ3v) is 4.28. The molecule has 0 aliphatic rings. The summed E-state index contributed by atoms with van der Waals surface area (Å²) in [6.45, 7) is 4.93. The molecule has 0 aromatic carbocycles. The normalized spacial score (nSPS) is 13.5. The van der Waals surface area contributed by atoms with Gasteiger partial charge in [0, 0.05) is 13.1 Å². The Balaban J connectivity index is 4.67. The highest BCUT2D eigenvalue weighted by Crippen LogP contribution is 2.09. The lowest BCUT2D eigenvalue weighted by Crippen LogP contribution is -2.43. The molecular weight excluding hydrogens is 242 g/mol. The first-order valence-electron chi connectivity index (χ1n) is 5.39. The summed E-state index contributed by atoms with van der Waals surface area (Å²) in [5, 5.41) is 10.2. The fraction of sp³-hybridized carbons (Fsp3) is 0.800. The molecule has 0 aliphatic heterocycles. The van der Waals surface area contributed by atoms with Gasteiger partial charge in [0.1, 0.15) is 0 Å². The van der Waals surface area contributed by atoms with Gasteiger partial charge >= 0.3 is 0 Å². The predicted molar refractivity (Wildman–Crippen MR) is 64.5 cm³/mol. The number of nitrogens with one attached hydrogen (secondary N) is 1. The lowest BCUT2D eigenvalue weighted by Gasteiger charge is -2.19. The molecule has 0 aromatic rings. The van der Waals surface area contributed by atoms with E-state index in [1.807, 2.05) is 0 Å². The molecule has 0 fully saturated rings. The summed E-state index contributed by atoms with van der Waals surface area (Å²) in [5.74, 6) is -0.376. The lowest BCUT2D eigenvalue weighted by atomic mass is 10.4. The van der Waals surface area contributed by atoms with Crippen LogP contribution in [0.25, 0.3) is 0 Å². The topological polar surface area (TPSA) is 90.3 Å². The third kappa shape index (κ3) is 4.71. The number of nitrogens with zero attached hydrogens (tertiary/aromatic N) is 2. The average Bonchev–Trinajstić information content (AvgIpc) is 2.17. The maximum absolute atomic E-state index is 11.8. The maximum Gasteiger partial charge on any atom is 0.235 e. The number of likely N-dealkylation sites (N-methyl/N-ethyl adjacent to an activating group) is 1. The molecule has 1 amide bonds. The molecule has 0 spiro atoms. The Bertz CT molecular complexity index is 398. The molecule has 0 aromatic heterocycles. The minimum Gasteiger partial charge on any atom is -0.353 e. The van der Waals surface area contributed by atoms with E-state index in [0.717, 1.165) is 4.31 Å². The molecular formula is C10H19N3O3S. The van der Waals surface area contributed by atoms with Gasteiger partial charge < -0.3 is 5.32 Å². The van der Waals surface area contributed by atoms with E-state index in [0.29, 0.717) is 0 Å². The van der Waals surface area contributed by atoms with Crippen molar-refractivity contribution in [1.29, 1.82) is 5.26 Å². The standard InChI is InChI=1S/C10H19N3O3S/c1-5-9(6-11)17(15,16)13(4)7-10(14)12-8(2)3/h8-9H,5,7H2,1-4H3,(H,12,14). The Hall–Kier alpha value is -1.13. The fourth-order valence-electron chi connectivity index (χ4n) is 1.25. The van der Waals surface area contributed by atoms with Crippen LogP contribution in [0.3, 0.4) is 0 Å². The van der Waals surface area contributed by atoms with Gasteiger partial charge in [0.05, 0.1) is 12.6 Å². The van der Waals surface area contributed by atoms with Crippen LogP contribution in [0.15, 0.2) is 0 Å². The smallest absolute Gasteiger partial charge is 0.235 e. The summed E-state index contributed by atoms with van der Waals surface area (Å²) in [5.41, 5.74) is 0. The molecule has 0 saturated carbocycles. The summed E-state index contributed by atoms with van der Waals surface area (Å²) in [6.07, 6.45) is 0.203. The fourth-order valence-corrected chi connectivity index (χ4v) is 2.53. The van der Waals surface area contributed by atoms with Crippen LogP contribution in [-0.4, -0.2) is 43.5 Å². The maximum atomic E-state index is 11.8. The van der Waals surface area contributed by atoms with Crippen LogP contribution in [0.2, 0.25) is 0 Å². The molecule has 1 atom stereocenters. The summed E-state index contributed by atoms with van der Waals surface area (Å²) in [4.78, 5) is 11.4. The van der Waals surface area contributed by atoms with E-state index in [4.69, 9.17) is 5.26 Å². The van der Waals surface area contributed by atoms with Crippen LogP contribution in [0, 0.1) is 11.3 Å². The van der Waals surface area contributed by atoms with Gasteiger partial charge in [0.2, 0.25) is 15.9 Å². The minimum atomic E-state index is -3.72. The van der Waals surface area contributed by atoms with Crippen molar-refractivity contribution in [1.82, 2.24) is 9.62 Å². The van der Waals surface area contributed by atoms with Crippen molar-refractivity contribution in [2.24, 2.45) is 0 Å². The second-order valence-electron chi connectivity index (χ2n) is 4.05. The number of amides is 1. The number of sulfonamides is 1. The van der Waals surface area contributed by atoms with Crippen molar-refractivity contribution < 1.29 is 13.2 Å². The Labute approximate surface area is 103 Å². The van der Waals surface area contributed by atoms with Gasteiger partial charge in [-0.15, -0.1) is 0 Å². The second-order valence-corrected chi connectivity index (χ2v) is 6.27. The third-order valence-electron chi connectivity index (χ3n) is 2.12. The Kier molecular flexibility index (Phi) is 6.13. The van der Waals surface area contributed by atoms with Crippen molar-refractivity contribution in [3.63, 3.8) is 0 Å². The largest absolute Gasteiger partial charge is 0.353 e. The van der Waals surface area contributed by atoms with Crippen molar-refractivity contribution in [2.45, 2.75) is 38.5 Å². The molecule has 0 heterocycles. The van der Waals surface area contributed by atoms with Crippen LogP contribution >= 0.6 is 0 Å². The summed E-state index contributed by atoms with van der Waals surface area (Å²) < 4.78 is 24.6. The summed E-state index contributed by atoms with van der Waals surface area (Å²) in [7, 11) is -2.42. The highest BCUT2D eigenvalue weighted by Gasteiger charge is 2.29. The molecule has 1 unspecified atom stereocenters. The Morgan fingerprint density at radius 3 is 2.35 bits per heavy atom. The molecule has 0 radical (unpaired) electrons. The zero-order chi connectivity index (χ0) is 13.6. The molecule has 0 saturated heterocycles. The summed E-state index contributed by atoms with van der Waals surface area (Å²) in [6, 6.07) is 1.68. The quantitative estimate of drug-likeness (QED) is 0.733. The van der Waals surface area contributed by atoms with Crippen molar-refractivity contribution in [2.75, 3.05) is 13.6 Å². The Morgan fingerprint density at radius 2 is 2.00 bits per heavy atom. The van der Waals surface area contributed by atoms with Crippen molar-refractivity contribution >= 4 is 15.9 Å². The highest BCUT2D eigenvalue weighted by atomic mass is 32.2. The first-order valence-corrected chi connectivity index (χ1v) is 6.90. The number of carbonyl (C=O) groups is 1. The van der Waals surface area contributed by atoms with Crippen LogP contribution in [-0.2, 0) is 14.8 Å². The second kappa shape index (κ2) is 6.57. The number of rotatable bonds is 6. The molecule has 0 bridgehead atoms. The molecule has 98 valence electrons. The molecule has 0 rings (SSSR count). The first kappa shape index (κ1) is 15.9. The van der Waals surface area contributed by atoms with E-state index < -0.39 is 15.3 Å². The van der Waals surface area contributed by atoms with E-state index in [-0.39, 0.29) is 24.9 Å². The van der Waals surface area contributed by atoms with Crippen molar-refractivity contribution in [3.8, 4) is 6.07 Å². The lowest BCUT2D eigenvalue weighted by molar-refractivity contribution is -0.121. The molecule has 7 heteroatoms. The van der Waals surface area contributed by atoms with Gasteiger partial charge in [-0.3, -0.25) is 4.79 Å². The van der Waals surface area contributed by atoms with Gasteiger partial charge in [0.15, 0.2) is 5.25 Å². The van der Waals surface area contributed by atoms with E-state index in [9.17, 15) is 13.2 Å². The van der Waals surface area contributed by atoms with Gasteiger partial charge in [-0.1, -0.05) is 6.92 Å². The van der Waals surface area contributed by atoms with Crippen LogP contribution in [0.4, 0.5) is 0 Å². The van der Waals surface area contributed by atoms with Gasteiger partial charge in [-0.25, -0.2) is 8.42 Å². The molecule has 0 aliphatic carbocycles. The first-order chi connectivity index (χ1) is 7.75.